The molecule has 0 spiro atoms. The number of nitrogens with zero attached hydrogens (tertiary/aromatic N) is 3. The van der Waals surface area contributed by atoms with E-state index in [1.807, 2.05) is 19.1 Å². The largest absolute Gasteiger partial charge is 0.476 e. The van der Waals surface area contributed by atoms with Crippen LogP contribution in [-0.2, 0) is 0 Å². The molecule has 2 aromatic rings. The van der Waals surface area contributed by atoms with E-state index >= 15 is 0 Å². The second-order valence-corrected chi connectivity index (χ2v) is 3.12. The highest BCUT2D eigenvalue weighted by atomic mass is 16.4. The molecule has 76 valence electrons. The number of rotatable bonds is 2. The maximum absolute atomic E-state index is 10.6. The highest BCUT2D eigenvalue weighted by Gasteiger charge is 2.08. The normalized spacial score (nSPS) is 10.2. The minimum atomic E-state index is -1.04. The highest BCUT2D eigenvalue weighted by Crippen LogP contribution is 2.10. The first kappa shape index (κ1) is 9.39. The number of carboxylic acids is 1. The molecule has 2 rings (SSSR count). The average Bonchev–Trinajstić information content (AvgIpc) is 2.67. The number of imidazole rings is 1. The van der Waals surface area contributed by atoms with Crippen molar-refractivity contribution in [2.45, 2.75) is 6.92 Å². The predicted molar refractivity (Wildman–Crippen MR) is 53.1 cm³/mol. The molecule has 1 N–H and O–H groups in total. The third-order valence-corrected chi connectivity index (χ3v) is 2.03. The summed E-state index contributed by atoms with van der Waals surface area (Å²) in [5.74, 6) is -0.347. The van der Waals surface area contributed by atoms with E-state index in [1.54, 1.807) is 10.8 Å². The molecule has 2 aromatic heterocycles. The lowest BCUT2D eigenvalue weighted by Gasteiger charge is -2.02. The summed E-state index contributed by atoms with van der Waals surface area (Å²) in [5.41, 5.74) is 0.979. The summed E-state index contributed by atoms with van der Waals surface area (Å²) in [6, 6.07) is 3.73. The van der Waals surface area contributed by atoms with Crippen molar-refractivity contribution in [1.82, 2.24) is 14.5 Å². The lowest BCUT2D eigenvalue weighted by molar-refractivity contribution is 0.0691. The van der Waals surface area contributed by atoms with Crippen molar-refractivity contribution in [1.29, 1.82) is 0 Å². The molecular formula is C10H9N3O2. The van der Waals surface area contributed by atoms with E-state index in [9.17, 15) is 4.79 Å². The molecule has 0 saturated heterocycles. The summed E-state index contributed by atoms with van der Waals surface area (Å²) >= 11 is 0. The van der Waals surface area contributed by atoms with Crippen molar-refractivity contribution in [2.24, 2.45) is 0 Å². The van der Waals surface area contributed by atoms with Gasteiger partial charge in [-0.25, -0.2) is 14.8 Å². The SMILES string of the molecule is Cc1cccnc1-n1cnc(C(=O)O)c1. The standard InChI is InChI=1S/C10H9N3O2/c1-7-3-2-4-11-9(7)13-5-8(10(14)15)12-6-13/h2-6H,1H3,(H,14,15). The first-order chi connectivity index (χ1) is 7.18. The highest BCUT2D eigenvalue weighted by molar-refractivity contribution is 5.85. The quantitative estimate of drug-likeness (QED) is 0.798. The fourth-order valence-corrected chi connectivity index (χ4v) is 1.30. The Bertz CT molecular complexity index is 505. The Morgan fingerprint density at radius 1 is 1.47 bits per heavy atom. The van der Waals surface area contributed by atoms with Crippen molar-refractivity contribution in [2.75, 3.05) is 0 Å². The number of hydrogen-bond acceptors (Lipinski definition) is 3. The summed E-state index contributed by atoms with van der Waals surface area (Å²) in [5, 5.41) is 8.72. The van der Waals surface area contributed by atoms with E-state index in [0.717, 1.165) is 5.56 Å². The number of carbonyl (C=O) groups is 1. The fraction of sp³-hybridized carbons (Fsp3) is 0.100. The number of pyridine rings is 1. The molecule has 5 nitrogen and oxygen atoms in total. The maximum atomic E-state index is 10.6. The number of aromatic nitrogens is 3. The van der Waals surface area contributed by atoms with E-state index < -0.39 is 5.97 Å². The number of carboxylic acid groups (broad SMARTS) is 1. The van der Waals surface area contributed by atoms with Gasteiger partial charge in [0.2, 0.25) is 0 Å². The molecular weight excluding hydrogens is 194 g/mol. The minimum Gasteiger partial charge on any atom is -0.476 e. The van der Waals surface area contributed by atoms with Gasteiger partial charge in [-0.15, -0.1) is 0 Å². The smallest absolute Gasteiger partial charge is 0.356 e. The number of hydrogen-bond donors (Lipinski definition) is 1. The molecule has 0 aromatic carbocycles. The van der Waals surface area contributed by atoms with Gasteiger partial charge in [-0.3, -0.25) is 4.57 Å². The van der Waals surface area contributed by atoms with Gasteiger partial charge in [-0.05, 0) is 18.6 Å². The summed E-state index contributed by atoms with van der Waals surface area (Å²) in [6.07, 6.45) is 4.54. The van der Waals surface area contributed by atoms with Gasteiger partial charge in [-0.1, -0.05) is 6.07 Å². The van der Waals surface area contributed by atoms with Gasteiger partial charge in [0.05, 0.1) is 0 Å². The second-order valence-electron chi connectivity index (χ2n) is 3.12. The molecule has 0 fully saturated rings. The van der Waals surface area contributed by atoms with Crippen LogP contribution in [0.3, 0.4) is 0 Å². The van der Waals surface area contributed by atoms with Crippen LogP contribution < -0.4 is 0 Å². The molecule has 0 atom stereocenters. The summed E-state index contributed by atoms with van der Waals surface area (Å²) in [6.45, 7) is 1.91. The lowest BCUT2D eigenvalue weighted by atomic mass is 10.3. The Hall–Kier alpha value is -2.17. The Morgan fingerprint density at radius 3 is 2.87 bits per heavy atom. The van der Waals surface area contributed by atoms with Crippen molar-refractivity contribution >= 4 is 5.97 Å². The Balaban J connectivity index is 2.46. The van der Waals surface area contributed by atoms with Crippen LogP contribution in [-0.4, -0.2) is 25.6 Å². The molecule has 5 heteroatoms. The zero-order chi connectivity index (χ0) is 10.8. The Kier molecular flexibility index (Phi) is 2.21. The third-order valence-electron chi connectivity index (χ3n) is 2.03. The lowest BCUT2D eigenvalue weighted by Crippen LogP contribution is -1.98. The van der Waals surface area contributed by atoms with Gasteiger partial charge in [0.1, 0.15) is 12.1 Å². The molecule has 0 bridgehead atoms. The van der Waals surface area contributed by atoms with Crippen molar-refractivity contribution in [3.8, 4) is 5.82 Å². The van der Waals surface area contributed by atoms with Gasteiger partial charge in [0.15, 0.2) is 5.69 Å². The molecule has 0 aliphatic heterocycles. The van der Waals surface area contributed by atoms with Crippen molar-refractivity contribution in [3.63, 3.8) is 0 Å². The van der Waals surface area contributed by atoms with Crippen LogP contribution in [0, 0.1) is 6.92 Å². The molecule has 0 aliphatic carbocycles. The second kappa shape index (κ2) is 3.53. The first-order valence-corrected chi connectivity index (χ1v) is 4.38. The molecule has 0 amide bonds. The van der Waals surface area contributed by atoms with E-state index in [1.165, 1.54) is 12.5 Å². The number of aromatic carboxylic acids is 1. The number of aryl methyl sites for hydroxylation is 1. The summed E-state index contributed by atoms with van der Waals surface area (Å²) in [7, 11) is 0. The molecule has 2 heterocycles. The van der Waals surface area contributed by atoms with Gasteiger partial charge >= 0.3 is 5.97 Å². The zero-order valence-electron chi connectivity index (χ0n) is 8.08. The Morgan fingerprint density at radius 2 is 2.27 bits per heavy atom. The average molecular weight is 203 g/mol. The third kappa shape index (κ3) is 1.71. The van der Waals surface area contributed by atoms with Crippen LogP contribution in [0.2, 0.25) is 0 Å². The van der Waals surface area contributed by atoms with Crippen LogP contribution >= 0.6 is 0 Å². The summed E-state index contributed by atoms with van der Waals surface area (Å²) in [4.78, 5) is 18.5. The van der Waals surface area contributed by atoms with Gasteiger partial charge in [0, 0.05) is 12.4 Å². The van der Waals surface area contributed by atoms with Crippen molar-refractivity contribution in [3.05, 3.63) is 42.1 Å². The van der Waals surface area contributed by atoms with Crippen LogP contribution in [0.25, 0.3) is 5.82 Å². The van der Waals surface area contributed by atoms with Crippen LogP contribution in [0.4, 0.5) is 0 Å². The minimum absolute atomic E-state index is 0.0139. The molecule has 0 unspecified atom stereocenters. The molecule has 0 saturated carbocycles. The van der Waals surface area contributed by atoms with E-state index in [4.69, 9.17) is 5.11 Å². The van der Waals surface area contributed by atoms with E-state index in [0.29, 0.717) is 5.82 Å². The topological polar surface area (TPSA) is 68.0 Å². The van der Waals surface area contributed by atoms with Gasteiger partial charge < -0.3 is 5.11 Å². The van der Waals surface area contributed by atoms with E-state index in [-0.39, 0.29) is 5.69 Å². The zero-order valence-corrected chi connectivity index (χ0v) is 8.08. The van der Waals surface area contributed by atoms with Crippen LogP contribution in [0.5, 0.6) is 0 Å². The van der Waals surface area contributed by atoms with Gasteiger partial charge in [-0.2, -0.15) is 0 Å². The fourth-order valence-electron chi connectivity index (χ4n) is 1.30. The molecule has 0 aliphatic rings. The maximum Gasteiger partial charge on any atom is 0.356 e. The monoisotopic (exact) mass is 203 g/mol. The van der Waals surface area contributed by atoms with Crippen LogP contribution in [0.15, 0.2) is 30.9 Å². The van der Waals surface area contributed by atoms with Crippen molar-refractivity contribution < 1.29 is 9.90 Å². The molecule has 0 radical (unpaired) electrons. The first-order valence-electron chi connectivity index (χ1n) is 4.38. The van der Waals surface area contributed by atoms with E-state index in [2.05, 4.69) is 9.97 Å². The Labute approximate surface area is 86.0 Å². The molecule has 15 heavy (non-hydrogen) atoms. The van der Waals surface area contributed by atoms with Crippen LogP contribution in [0.1, 0.15) is 16.1 Å². The predicted octanol–water partition coefficient (Wildman–Crippen LogP) is 1.27. The summed E-state index contributed by atoms with van der Waals surface area (Å²) < 4.78 is 1.60. The van der Waals surface area contributed by atoms with Gasteiger partial charge in [0.25, 0.3) is 0 Å².